The van der Waals surface area contributed by atoms with Crippen LogP contribution in [0.5, 0.6) is 0 Å². The summed E-state index contributed by atoms with van der Waals surface area (Å²) in [6.07, 6.45) is 1.97. The predicted octanol–water partition coefficient (Wildman–Crippen LogP) is 2.69. The molecule has 0 aliphatic heterocycles. The Labute approximate surface area is 105 Å². The Hall–Kier alpha value is -0.420. The van der Waals surface area contributed by atoms with E-state index in [-0.39, 0.29) is 6.04 Å². The Morgan fingerprint density at radius 3 is 2.88 bits per heavy atom. The van der Waals surface area contributed by atoms with Gasteiger partial charge in [0.15, 0.2) is 0 Å². The first-order valence-electron chi connectivity index (χ1n) is 5.40. The largest absolute Gasteiger partial charge is 0.385 e. The van der Waals surface area contributed by atoms with Crippen LogP contribution in [0.4, 0.5) is 0 Å². The second kappa shape index (κ2) is 7.01. The van der Waals surface area contributed by atoms with E-state index < -0.39 is 0 Å². The number of hydrogen-bond acceptors (Lipinski definition) is 3. The summed E-state index contributed by atoms with van der Waals surface area (Å²) in [5, 5.41) is 0. The van der Waals surface area contributed by atoms with Gasteiger partial charge in [-0.25, -0.2) is 0 Å². The summed E-state index contributed by atoms with van der Waals surface area (Å²) in [6, 6.07) is 6.45. The number of nitrogens with two attached hydrogens (primary N) is 1. The van der Waals surface area contributed by atoms with Crippen LogP contribution in [0.3, 0.4) is 0 Å². The minimum atomic E-state index is 0.188. The topological polar surface area (TPSA) is 47.3 Å². The average molecular weight is 287 g/mol. The van der Waals surface area contributed by atoms with Crippen molar-refractivity contribution in [3.63, 3.8) is 0 Å². The number of halogens is 1. The normalized spacial score (nSPS) is 12.8. The predicted molar refractivity (Wildman–Crippen MR) is 70.1 cm³/mol. The molecule has 3 N–H and O–H groups in total. The molecule has 0 radical (unpaired) electrons. The van der Waals surface area contributed by atoms with Gasteiger partial charge in [-0.15, -0.1) is 0 Å². The smallest absolute Gasteiger partial charge is 0.0463 e. The van der Waals surface area contributed by atoms with Crippen LogP contribution in [0, 0.1) is 6.92 Å². The molecule has 16 heavy (non-hydrogen) atoms. The maximum Gasteiger partial charge on any atom is 0.0463 e. The van der Waals surface area contributed by atoms with Crippen LogP contribution in [0.25, 0.3) is 0 Å². The first-order valence-corrected chi connectivity index (χ1v) is 6.19. The van der Waals surface area contributed by atoms with Crippen LogP contribution in [-0.4, -0.2) is 13.7 Å². The number of benzene rings is 1. The van der Waals surface area contributed by atoms with Gasteiger partial charge in [-0.05, 0) is 43.0 Å². The van der Waals surface area contributed by atoms with Crippen molar-refractivity contribution in [2.45, 2.75) is 25.8 Å². The van der Waals surface area contributed by atoms with Gasteiger partial charge >= 0.3 is 0 Å². The molecule has 1 aromatic rings. The third-order valence-corrected chi connectivity index (χ3v) is 3.15. The molecule has 1 atom stereocenters. The summed E-state index contributed by atoms with van der Waals surface area (Å²) in [6.45, 7) is 2.87. The lowest BCUT2D eigenvalue weighted by Crippen LogP contribution is -2.28. The van der Waals surface area contributed by atoms with Gasteiger partial charge in [0.1, 0.15) is 0 Å². The van der Waals surface area contributed by atoms with Crippen LogP contribution in [0.2, 0.25) is 0 Å². The molecular weight excluding hydrogens is 268 g/mol. The molecule has 0 amide bonds. The molecule has 1 unspecified atom stereocenters. The van der Waals surface area contributed by atoms with Crippen LogP contribution in [-0.2, 0) is 4.74 Å². The van der Waals surface area contributed by atoms with Gasteiger partial charge in [-0.2, -0.15) is 0 Å². The van der Waals surface area contributed by atoms with Crippen molar-refractivity contribution in [3.8, 4) is 0 Å². The van der Waals surface area contributed by atoms with E-state index in [2.05, 4.69) is 40.4 Å². The van der Waals surface area contributed by atoms with Crippen LogP contribution >= 0.6 is 15.9 Å². The lowest BCUT2D eigenvalue weighted by molar-refractivity contribution is 0.188. The molecule has 0 aromatic heterocycles. The molecule has 1 rings (SSSR count). The molecule has 3 nitrogen and oxygen atoms in total. The van der Waals surface area contributed by atoms with E-state index >= 15 is 0 Å². The van der Waals surface area contributed by atoms with E-state index in [9.17, 15) is 0 Å². The van der Waals surface area contributed by atoms with Gasteiger partial charge in [0.25, 0.3) is 0 Å². The van der Waals surface area contributed by atoms with E-state index in [1.807, 2.05) is 6.07 Å². The summed E-state index contributed by atoms with van der Waals surface area (Å²) in [7, 11) is 1.72. The zero-order valence-electron chi connectivity index (χ0n) is 9.79. The van der Waals surface area contributed by atoms with Crippen LogP contribution < -0.4 is 11.3 Å². The van der Waals surface area contributed by atoms with E-state index in [1.165, 1.54) is 11.1 Å². The molecule has 0 spiro atoms. The highest BCUT2D eigenvalue weighted by Crippen LogP contribution is 2.24. The van der Waals surface area contributed by atoms with Crippen LogP contribution in [0.15, 0.2) is 22.7 Å². The van der Waals surface area contributed by atoms with Crippen molar-refractivity contribution in [1.82, 2.24) is 5.43 Å². The quantitative estimate of drug-likeness (QED) is 0.480. The number of ether oxygens (including phenoxy) is 1. The van der Waals surface area contributed by atoms with Gasteiger partial charge in [-0.1, -0.05) is 22.0 Å². The van der Waals surface area contributed by atoms with E-state index in [4.69, 9.17) is 10.6 Å². The summed E-state index contributed by atoms with van der Waals surface area (Å²) in [4.78, 5) is 0. The Morgan fingerprint density at radius 1 is 1.50 bits per heavy atom. The van der Waals surface area contributed by atoms with E-state index in [0.717, 1.165) is 23.9 Å². The van der Waals surface area contributed by atoms with Crippen molar-refractivity contribution >= 4 is 15.9 Å². The highest BCUT2D eigenvalue weighted by molar-refractivity contribution is 9.10. The maximum absolute atomic E-state index is 5.60. The number of rotatable bonds is 6. The average Bonchev–Trinajstić information content (AvgIpc) is 2.28. The number of nitrogens with one attached hydrogen (secondary N) is 1. The third-order valence-electron chi connectivity index (χ3n) is 2.66. The zero-order chi connectivity index (χ0) is 12.0. The highest BCUT2D eigenvalue weighted by atomic mass is 79.9. The molecule has 0 aliphatic rings. The summed E-state index contributed by atoms with van der Waals surface area (Å²) >= 11 is 3.48. The molecule has 0 saturated heterocycles. The van der Waals surface area contributed by atoms with Gasteiger partial charge in [0.05, 0.1) is 0 Å². The molecule has 1 aromatic carbocycles. The fourth-order valence-electron chi connectivity index (χ4n) is 1.75. The molecular formula is C12H19BrN2O. The third kappa shape index (κ3) is 3.87. The molecule has 0 aliphatic carbocycles. The second-order valence-electron chi connectivity index (χ2n) is 3.86. The summed E-state index contributed by atoms with van der Waals surface area (Å²) in [5.74, 6) is 5.60. The van der Waals surface area contributed by atoms with Crippen molar-refractivity contribution in [2.75, 3.05) is 13.7 Å². The lowest BCUT2D eigenvalue weighted by Gasteiger charge is -2.18. The van der Waals surface area contributed by atoms with Gasteiger partial charge in [0.2, 0.25) is 0 Å². The first kappa shape index (κ1) is 13.6. The maximum atomic E-state index is 5.60. The molecule has 0 heterocycles. The van der Waals surface area contributed by atoms with Gasteiger partial charge in [-0.3, -0.25) is 11.3 Å². The standard InChI is InChI=1S/C12H19BrN2O/c1-9-5-6-10(13)8-11(9)12(15-14)4-3-7-16-2/h5-6,8,12,15H,3-4,7,14H2,1-2H3. The monoisotopic (exact) mass is 286 g/mol. The second-order valence-corrected chi connectivity index (χ2v) is 4.77. The van der Waals surface area contributed by atoms with Crippen molar-refractivity contribution < 1.29 is 4.74 Å². The minimum absolute atomic E-state index is 0.188. The van der Waals surface area contributed by atoms with E-state index in [0.29, 0.717) is 0 Å². The Bertz CT molecular complexity index is 331. The van der Waals surface area contributed by atoms with Gasteiger partial charge < -0.3 is 4.74 Å². The molecule has 90 valence electrons. The zero-order valence-corrected chi connectivity index (χ0v) is 11.4. The van der Waals surface area contributed by atoms with Gasteiger partial charge in [0, 0.05) is 24.2 Å². The van der Waals surface area contributed by atoms with Crippen molar-refractivity contribution in [1.29, 1.82) is 0 Å². The van der Waals surface area contributed by atoms with E-state index in [1.54, 1.807) is 7.11 Å². The fourth-order valence-corrected chi connectivity index (χ4v) is 2.13. The van der Waals surface area contributed by atoms with Crippen LogP contribution in [0.1, 0.15) is 30.0 Å². The van der Waals surface area contributed by atoms with Crippen molar-refractivity contribution in [2.24, 2.45) is 5.84 Å². The molecule has 0 saturated carbocycles. The number of methoxy groups -OCH3 is 1. The molecule has 0 fully saturated rings. The first-order chi connectivity index (χ1) is 7.69. The Kier molecular flexibility index (Phi) is 5.98. The summed E-state index contributed by atoms with van der Waals surface area (Å²) < 4.78 is 6.13. The Morgan fingerprint density at radius 2 is 2.25 bits per heavy atom. The molecule has 4 heteroatoms. The highest BCUT2D eigenvalue weighted by Gasteiger charge is 2.12. The number of hydrogen-bond donors (Lipinski definition) is 2. The number of hydrazine groups is 1. The SMILES string of the molecule is COCCCC(NN)c1cc(Br)ccc1C. The molecule has 0 bridgehead atoms. The fraction of sp³-hybridized carbons (Fsp3) is 0.500. The van der Waals surface area contributed by atoms with Crippen molar-refractivity contribution in [3.05, 3.63) is 33.8 Å². The Balaban J connectivity index is 2.73. The number of aryl methyl sites for hydroxylation is 1. The lowest BCUT2D eigenvalue weighted by atomic mass is 9.98. The summed E-state index contributed by atoms with van der Waals surface area (Å²) in [5.41, 5.74) is 5.37. The minimum Gasteiger partial charge on any atom is -0.385 e.